The van der Waals surface area contributed by atoms with Crippen LogP contribution >= 0.6 is 11.8 Å². The number of benzene rings is 4. The molecule has 0 unspecified atom stereocenters. The molecule has 1 aliphatic heterocycles. The molecular formula is C38H38O9S. The first-order chi connectivity index (χ1) is 23.4. The minimum Gasteiger partial charge on any atom is -0.497 e. The van der Waals surface area contributed by atoms with Gasteiger partial charge in [0.15, 0.2) is 12.2 Å². The van der Waals surface area contributed by atoms with Crippen molar-refractivity contribution >= 4 is 29.5 Å². The highest BCUT2D eigenvalue weighted by atomic mass is 32.2. The normalized spacial score (nSPS) is 20.3. The van der Waals surface area contributed by atoms with Crippen molar-refractivity contribution in [3.63, 3.8) is 0 Å². The molecule has 0 aliphatic carbocycles. The van der Waals surface area contributed by atoms with E-state index in [1.54, 1.807) is 55.6 Å². The summed E-state index contributed by atoms with van der Waals surface area (Å²) in [5.74, 6) is -0.107. The third-order valence-corrected chi connectivity index (χ3v) is 8.70. The van der Waals surface area contributed by atoms with Gasteiger partial charge in [0.25, 0.3) is 0 Å². The maximum atomic E-state index is 13.6. The molecule has 0 spiro atoms. The van der Waals surface area contributed by atoms with Crippen molar-refractivity contribution < 1.29 is 42.8 Å². The van der Waals surface area contributed by atoms with Gasteiger partial charge < -0.3 is 33.2 Å². The molecule has 1 aliphatic rings. The first kappa shape index (κ1) is 34.7. The number of hydrogen-bond acceptors (Lipinski definition) is 10. The second-order valence-corrected chi connectivity index (χ2v) is 12.3. The van der Waals surface area contributed by atoms with E-state index in [0.717, 1.165) is 10.5 Å². The number of ether oxygens (including phenoxy) is 6. The van der Waals surface area contributed by atoms with Crippen molar-refractivity contribution in [2.45, 2.75) is 61.1 Å². The number of methoxy groups -OCH3 is 1. The summed E-state index contributed by atoms with van der Waals surface area (Å²) in [4.78, 5) is 39.3. The quantitative estimate of drug-likeness (QED) is 0.127. The van der Waals surface area contributed by atoms with Gasteiger partial charge in [-0.1, -0.05) is 78.5 Å². The summed E-state index contributed by atoms with van der Waals surface area (Å²) >= 11 is 1.36. The molecule has 250 valence electrons. The SMILES string of the molecule is COc1ccc(OC[C@@H]2O[C@@H](Sc3ccccc3)[C@H](OC(=O)c3ccccc3)[C@@H](OCc3ccccc3)[C@@H]2OC(=O)CCC(C)=O)cc1. The molecule has 1 heterocycles. The van der Waals surface area contributed by atoms with Gasteiger partial charge in [0.05, 0.1) is 25.7 Å². The van der Waals surface area contributed by atoms with Crippen molar-refractivity contribution in [2.24, 2.45) is 0 Å². The zero-order valence-electron chi connectivity index (χ0n) is 26.8. The Morgan fingerprint density at radius 1 is 0.708 bits per heavy atom. The Labute approximate surface area is 284 Å². The van der Waals surface area contributed by atoms with Crippen molar-refractivity contribution in [3.05, 3.63) is 126 Å². The number of carbonyl (C=O) groups excluding carboxylic acids is 3. The smallest absolute Gasteiger partial charge is 0.338 e. The predicted octanol–water partition coefficient (Wildman–Crippen LogP) is 6.68. The fraction of sp³-hybridized carbons (Fsp3) is 0.289. The summed E-state index contributed by atoms with van der Waals surface area (Å²) in [5.41, 5.74) is 0.442. The number of thioether (sulfide) groups is 1. The Bertz CT molecular complexity index is 1600. The molecule has 48 heavy (non-hydrogen) atoms. The molecule has 9 nitrogen and oxygen atoms in total. The molecule has 5 rings (SSSR count). The second kappa shape index (κ2) is 17.5. The fourth-order valence-corrected chi connectivity index (χ4v) is 6.19. The maximum absolute atomic E-state index is 13.6. The Hall–Kier alpha value is -4.64. The van der Waals surface area contributed by atoms with Gasteiger partial charge >= 0.3 is 11.9 Å². The highest BCUT2D eigenvalue weighted by molar-refractivity contribution is 7.99. The van der Waals surface area contributed by atoms with Crippen molar-refractivity contribution in [1.82, 2.24) is 0 Å². The zero-order chi connectivity index (χ0) is 33.7. The van der Waals surface area contributed by atoms with E-state index >= 15 is 0 Å². The van der Waals surface area contributed by atoms with E-state index in [0.29, 0.717) is 17.1 Å². The lowest BCUT2D eigenvalue weighted by Gasteiger charge is -2.45. The second-order valence-electron chi connectivity index (χ2n) is 11.1. The Morgan fingerprint density at radius 3 is 1.98 bits per heavy atom. The van der Waals surface area contributed by atoms with Crippen LogP contribution in [0.2, 0.25) is 0 Å². The van der Waals surface area contributed by atoms with Gasteiger partial charge in [0.2, 0.25) is 0 Å². The summed E-state index contributed by atoms with van der Waals surface area (Å²) in [7, 11) is 1.58. The molecule has 0 saturated carbocycles. The third kappa shape index (κ3) is 9.93. The summed E-state index contributed by atoms with van der Waals surface area (Å²) in [6.07, 6.45) is -4.00. The highest BCUT2D eigenvalue weighted by Crippen LogP contribution is 2.38. The van der Waals surface area contributed by atoms with Gasteiger partial charge in [-0.05, 0) is 61.0 Å². The van der Waals surface area contributed by atoms with E-state index in [9.17, 15) is 14.4 Å². The summed E-state index contributed by atoms with van der Waals surface area (Å²) < 4.78 is 36.9. The van der Waals surface area contributed by atoms with Crippen LogP contribution in [0.25, 0.3) is 0 Å². The van der Waals surface area contributed by atoms with Gasteiger partial charge in [-0.3, -0.25) is 4.79 Å². The first-order valence-electron chi connectivity index (χ1n) is 15.6. The van der Waals surface area contributed by atoms with Crippen LogP contribution in [0.5, 0.6) is 11.5 Å². The van der Waals surface area contributed by atoms with E-state index in [-0.39, 0.29) is 31.8 Å². The lowest BCUT2D eigenvalue weighted by molar-refractivity contribution is -0.233. The van der Waals surface area contributed by atoms with Crippen LogP contribution in [-0.4, -0.2) is 61.3 Å². The molecule has 10 heteroatoms. The Kier molecular flexibility index (Phi) is 12.6. The zero-order valence-corrected chi connectivity index (χ0v) is 27.6. The highest BCUT2D eigenvalue weighted by Gasteiger charge is 2.51. The van der Waals surface area contributed by atoms with Gasteiger partial charge in [0.1, 0.15) is 41.5 Å². The third-order valence-electron chi connectivity index (χ3n) is 7.55. The van der Waals surface area contributed by atoms with E-state index in [1.165, 1.54) is 18.7 Å². The van der Waals surface area contributed by atoms with Crippen LogP contribution in [0.4, 0.5) is 0 Å². The van der Waals surface area contributed by atoms with Crippen LogP contribution in [0.1, 0.15) is 35.7 Å². The van der Waals surface area contributed by atoms with Crippen LogP contribution in [0.15, 0.2) is 120 Å². The molecule has 1 saturated heterocycles. The van der Waals surface area contributed by atoms with Crippen LogP contribution < -0.4 is 9.47 Å². The van der Waals surface area contributed by atoms with Gasteiger partial charge in [-0.25, -0.2) is 4.79 Å². The van der Waals surface area contributed by atoms with E-state index in [2.05, 4.69) is 0 Å². The van der Waals surface area contributed by atoms with Crippen molar-refractivity contribution in [1.29, 1.82) is 0 Å². The monoisotopic (exact) mass is 670 g/mol. The molecular weight excluding hydrogens is 632 g/mol. The molecule has 4 aromatic carbocycles. The van der Waals surface area contributed by atoms with Crippen molar-refractivity contribution in [2.75, 3.05) is 13.7 Å². The molecule has 0 radical (unpaired) electrons. The van der Waals surface area contributed by atoms with E-state index in [4.69, 9.17) is 28.4 Å². The number of rotatable bonds is 15. The van der Waals surface area contributed by atoms with Gasteiger partial charge in [0, 0.05) is 11.3 Å². The lowest BCUT2D eigenvalue weighted by atomic mass is 9.98. The van der Waals surface area contributed by atoms with E-state index < -0.39 is 41.8 Å². The van der Waals surface area contributed by atoms with Gasteiger partial charge in [-0.2, -0.15) is 0 Å². The topological polar surface area (TPSA) is 107 Å². The number of ketones is 1. The number of Topliss-reactive ketones (excluding diaryl/α,β-unsaturated/α-hetero) is 1. The van der Waals surface area contributed by atoms with Crippen LogP contribution in [0.3, 0.4) is 0 Å². The summed E-state index contributed by atoms with van der Waals surface area (Å²) in [5, 5.41) is 0. The Balaban J connectivity index is 1.51. The largest absolute Gasteiger partial charge is 0.497 e. The van der Waals surface area contributed by atoms with Gasteiger partial charge in [-0.15, -0.1) is 0 Å². The average Bonchev–Trinajstić information content (AvgIpc) is 3.12. The molecule has 0 bridgehead atoms. The van der Waals surface area contributed by atoms with E-state index in [1.807, 2.05) is 66.7 Å². The summed E-state index contributed by atoms with van der Waals surface area (Å²) in [6, 6.07) is 34.8. The molecule has 1 fully saturated rings. The maximum Gasteiger partial charge on any atom is 0.338 e. The molecule has 0 aromatic heterocycles. The minimum atomic E-state index is -1.06. The molecule has 5 atom stereocenters. The Morgan fingerprint density at radius 2 is 1.33 bits per heavy atom. The number of esters is 2. The standard InChI is InChI=1S/C38H38O9S/c1-26(39)18-23-33(40)46-34-32(25-43-30-21-19-29(42-2)20-22-30)45-38(48-31-16-10-5-11-17-31)36(47-37(41)28-14-8-4-9-15-28)35(34)44-24-27-12-6-3-7-13-27/h3-17,19-22,32,34-36,38H,18,23-25H2,1-2H3/t32-,34+,35-,36+,38-/m0/s1. The first-order valence-corrected chi connectivity index (χ1v) is 16.5. The predicted molar refractivity (Wildman–Crippen MR) is 180 cm³/mol. The van der Waals surface area contributed by atoms with Crippen molar-refractivity contribution in [3.8, 4) is 11.5 Å². The molecule has 4 aromatic rings. The molecule has 0 amide bonds. The lowest BCUT2D eigenvalue weighted by Crippen LogP contribution is -2.61. The number of hydrogen-bond donors (Lipinski definition) is 0. The minimum absolute atomic E-state index is 0.0205. The number of carbonyl (C=O) groups is 3. The fourth-order valence-electron chi connectivity index (χ4n) is 5.07. The molecule has 0 N–H and O–H groups in total. The average molecular weight is 671 g/mol. The summed E-state index contributed by atoms with van der Waals surface area (Å²) in [6.45, 7) is 1.54. The van der Waals surface area contributed by atoms with Crippen LogP contribution in [0, 0.1) is 0 Å². The van der Waals surface area contributed by atoms with Crippen LogP contribution in [-0.2, 0) is 35.1 Å².